The number of nitrogens with zero attached hydrogens (tertiary/aromatic N) is 2. The molecule has 4 heterocycles. The van der Waals surface area contributed by atoms with Crippen molar-refractivity contribution in [3.63, 3.8) is 0 Å². The number of fused-ring (bicyclic) bond motifs is 4. The molecule has 144 valence electrons. The Morgan fingerprint density at radius 1 is 1.14 bits per heavy atom. The summed E-state index contributed by atoms with van der Waals surface area (Å²) in [6.07, 6.45) is 4.56. The van der Waals surface area contributed by atoms with Crippen LogP contribution >= 0.6 is 11.3 Å². The second kappa shape index (κ2) is 6.52. The molecule has 2 aliphatic heterocycles. The van der Waals surface area contributed by atoms with E-state index < -0.39 is 0 Å². The predicted octanol–water partition coefficient (Wildman–Crippen LogP) is 4.64. The molecule has 2 aromatic heterocycles. The standard InChI is InChI=1S/C23H25N3OS/c1-16-7-8-19-22(17(16)2)26-11-3-6-20(26)23(24-19)9-12-25(13-10-23)21(27)15-18-5-4-14-28-18/h3-8,11,14,24H,9-10,12-13,15H2,1-2H3. The first kappa shape index (κ1) is 17.6. The van der Waals surface area contributed by atoms with Crippen LogP contribution in [0.5, 0.6) is 0 Å². The Balaban J connectivity index is 1.40. The third-order valence-electron chi connectivity index (χ3n) is 6.43. The molecule has 0 saturated carbocycles. The lowest BCUT2D eigenvalue weighted by molar-refractivity contribution is -0.131. The number of rotatable bonds is 2. The van der Waals surface area contributed by atoms with E-state index in [1.54, 1.807) is 11.3 Å². The number of likely N-dealkylation sites (tertiary alicyclic amines) is 1. The van der Waals surface area contributed by atoms with Crippen molar-refractivity contribution in [2.75, 3.05) is 18.4 Å². The van der Waals surface area contributed by atoms with Gasteiger partial charge in [0.2, 0.25) is 5.91 Å². The van der Waals surface area contributed by atoms with Crippen molar-refractivity contribution in [2.24, 2.45) is 0 Å². The number of nitrogens with one attached hydrogen (secondary N) is 1. The zero-order chi connectivity index (χ0) is 19.3. The maximum Gasteiger partial charge on any atom is 0.227 e. The fourth-order valence-electron chi connectivity index (χ4n) is 4.69. The summed E-state index contributed by atoms with van der Waals surface area (Å²) in [5.41, 5.74) is 6.31. The largest absolute Gasteiger partial charge is 0.372 e. The van der Waals surface area contributed by atoms with E-state index in [0.29, 0.717) is 6.42 Å². The second-order valence-corrected chi connectivity index (χ2v) is 9.04. The number of aromatic nitrogens is 1. The Bertz CT molecular complexity index is 1030. The maximum atomic E-state index is 12.7. The normalized spacial score (nSPS) is 17.1. The Morgan fingerprint density at radius 2 is 1.96 bits per heavy atom. The number of piperidine rings is 1. The minimum absolute atomic E-state index is 0.0993. The monoisotopic (exact) mass is 391 g/mol. The molecule has 0 aliphatic carbocycles. The van der Waals surface area contributed by atoms with Crippen molar-refractivity contribution in [3.05, 3.63) is 69.7 Å². The topological polar surface area (TPSA) is 37.3 Å². The van der Waals surface area contributed by atoms with Crippen LogP contribution in [0.2, 0.25) is 0 Å². The summed E-state index contributed by atoms with van der Waals surface area (Å²) in [4.78, 5) is 15.9. The smallest absolute Gasteiger partial charge is 0.227 e. The van der Waals surface area contributed by atoms with E-state index in [2.05, 4.69) is 54.2 Å². The van der Waals surface area contributed by atoms with Gasteiger partial charge in [0, 0.05) is 29.9 Å². The quantitative estimate of drug-likeness (QED) is 0.691. The third kappa shape index (κ3) is 2.68. The van der Waals surface area contributed by atoms with E-state index in [1.165, 1.54) is 28.2 Å². The average Bonchev–Trinajstić information content (AvgIpc) is 3.38. The highest BCUT2D eigenvalue weighted by molar-refractivity contribution is 7.10. The fraction of sp³-hybridized carbons (Fsp3) is 0.348. The van der Waals surface area contributed by atoms with Crippen molar-refractivity contribution < 1.29 is 4.79 Å². The number of amides is 1. The highest BCUT2D eigenvalue weighted by Crippen LogP contribution is 2.44. The SMILES string of the molecule is Cc1ccc2c(c1C)-n1cccc1C1(CCN(C(=O)Cc3cccs3)CC1)N2. The summed E-state index contributed by atoms with van der Waals surface area (Å²) in [6.45, 7) is 5.95. The van der Waals surface area contributed by atoms with Crippen molar-refractivity contribution in [1.29, 1.82) is 0 Å². The highest BCUT2D eigenvalue weighted by Gasteiger charge is 2.42. The zero-order valence-corrected chi connectivity index (χ0v) is 17.2. The van der Waals surface area contributed by atoms with E-state index in [9.17, 15) is 4.79 Å². The number of benzene rings is 1. The summed E-state index contributed by atoms with van der Waals surface area (Å²) in [5.74, 6) is 0.246. The molecule has 2 aliphatic rings. The number of anilines is 1. The van der Waals surface area contributed by atoms with Crippen molar-refractivity contribution in [3.8, 4) is 5.69 Å². The van der Waals surface area contributed by atoms with Crippen LogP contribution in [0, 0.1) is 13.8 Å². The lowest BCUT2D eigenvalue weighted by Gasteiger charge is -2.46. The number of carbonyl (C=O) groups is 1. The summed E-state index contributed by atoms with van der Waals surface area (Å²) < 4.78 is 2.36. The number of carbonyl (C=O) groups excluding carboxylic acids is 1. The summed E-state index contributed by atoms with van der Waals surface area (Å²) in [5, 5.41) is 5.91. The van der Waals surface area contributed by atoms with E-state index in [-0.39, 0.29) is 11.4 Å². The molecule has 5 rings (SSSR count). The fourth-order valence-corrected chi connectivity index (χ4v) is 5.39. The number of thiophene rings is 1. The molecular weight excluding hydrogens is 366 g/mol. The van der Waals surface area contributed by atoms with Gasteiger partial charge in [0.05, 0.1) is 23.3 Å². The van der Waals surface area contributed by atoms with E-state index in [1.807, 2.05) is 22.4 Å². The summed E-state index contributed by atoms with van der Waals surface area (Å²) in [7, 11) is 0. The molecule has 0 atom stereocenters. The molecule has 1 spiro atoms. The molecule has 1 fully saturated rings. The van der Waals surface area contributed by atoms with Crippen LogP contribution in [-0.2, 0) is 16.8 Å². The summed E-state index contributed by atoms with van der Waals surface area (Å²) >= 11 is 1.66. The van der Waals surface area contributed by atoms with Gasteiger partial charge in [0.25, 0.3) is 0 Å². The second-order valence-electron chi connectivity index (χ2n) is 8.01. The highest BCUT2D eigenvalue weighted by atomic mass is 32.1. The predicted molar refractivity (Wildman–Crippen MR) is 114 cm³/mol. The van der Waals surface area contributed by atoms with Crippen LogP contribution in [0.3, 0.4) is 0 Å². The van der Waals surface area contributed by atoms with Gasteiger partial charge in [-0.3, -0.25) is 4.79 Å². The Kier molecular flexibility index (Phi) is 4.09. The van der Waals surface area contributed by atoms with Crippen LogP contribution in [0.4, 0.5) is 5.69 Å². The van der Waals surface area contributed by atoms with E-state index >= 15 is 0 Å². The lowest BCUT2D eigenvalue weighted by Crippen LogP contribution is -2.51. The van der Waals surface area contributed by atoms with Gasteiger partial charge in [-0.05, 0) is 67.5 Å². The minimum Gasteiger partial charge on any atom is -0.372 e. The molecule has 1 N–H and O–H groups in total. The molecule has 0 bridgehead atoms. The van der Waals surface area contributed by atoms with Gasteiger partial charge in [-0.1, -0.05) is 12.1 Å². The lowest BCUT2D eigenvalue weighted by atomic mass is 9.82. The van der Waals surface area contributed by atoms with Crippen LogP contribution in [0.15, 0.2) is 48.0 Å². The van der Waals surface area contributed by atoms with E-state index in [0.717, 1.165) is 30.8 Å². The maximum absolute atomic E-state index is 12.7. The first-order valence-corrected chi connectivity index (χ1v) is 10.8. The van der Waals surface area contributed by atoms with Crippen LogP contribution in [-0.4, -0.2) is 28.5 Å². The molecule has 0 unspecified atom stereocenters. The van der Waals surface area contributed by atoms with E-state index in [4.69, 9.17) is 0 Å². The van der Waals surface area contributed by atoms with Gasteiger partial charge in [-0.15, -0.1) is 11.3 Å². The van der Waals surface area contributed by atoms with Crippen molar-refractivity contribution >= 4 is 22.9 Å². The Labute approximate surface area is 169 Å². The van der Waals surface area contributed by atoms with Gasteiger partial charge < -0.3 is 14.8 Å². The average molecular weight is 392 g/mol. The van der Waals surface area contributed by atoms with Crippen molar-refractivity contribution in [2.45, 2.75) is 38.6 Å². The van der Waals surface area contributed by atoms with Crippen LogP contribution in [0.25, 0.3) is 5.69 Å². The zero-order valence-electron chi connectivity index (χ0n) is 16.4. The molecule has 0 radical (unpaired) electrons. The Hall–Kier alpha value is -2.53. The molecule has 1 amide bonds. The van der Waals surface area contributed by atoms with Crippen LogP contribution < -0.4 is 5.32 Å². The molecule has 3 aromatic rings. The van der Waals surface area contributed by atoms with Gasteiger partial charge in [0.15, 0.2) is 0 Å². The Morgan fingerprint density at radius 3 is 2.71 bits per heavy atom. The number of aryl methyl sites for hydroxylation is 1. The van der Waals surface area contributed by atoms with Gasteiger partial charge >= 0.3 is 0 Å². The number of hydrogen-bond acceptors (Lipinski definition) is 3. The first-order chi connectivity index (χ1) is 13.6. The third-order valence-corrected chi connectivity index (χ3v) is 7.31. The molecule has 5 heteroatoms. The molecule has 4 nitrogen and oxygen atoms in total. The van der Waals surface area contributed by atoms with Crippen LogP contribution in [0.1, 0.15) is 34.5 Å². The van der Waals surface area contributed by atoms with Crippen molar-refractivity contribution in [1.82, 2.24) is 9.47 Å². The van der Waals surface area contributed by atoms with Gasteiger partial charge in [-0.2, -0.15) is 0 Å². The molecule has 1 saturated heterocycles. The molecule has 28 heavy (non-hydrogen) atoms. The molecular formula is C23H25N3OS. The summed E-state index contributed by atoms with van der Waals surface area (Å²) in [6, 6.07) is 12.8. The molecule has 1 aromatic carbocycles. The van der Waals surface area contributed by atoms with Gasteiger partial charge in [-0.25, -0.2) is 0 Å². The van der Waals surface area contributed by atoms with Gasteiger partial charge in [0.1, 0.15) is 0 Å². The minimum atomic E-state index is -0.0993. The first-order valence-electron chi connectivity index (χ1n) is 9.94. The number of hydrogen-bond donors (Lipinski definition) is 1.